The largest absolute Gasteiger partial charge is 0.491 e. The summed E-state index contributed by atoms with van der Waals surface area (Å²) in [5.41, 5.74) is 3.09. The topological polar surface area (TPSA) is 110 Å². The lowest BCUT2D eigenvalue weighted by molar-refractivity contribution is 0.0954. The van der Waals surface area contributed by atoms with Gasteiger partial charge in [-0.2, -0.15) is 0 Å². The fourth-order valence-electron chi connectivity index (χ4n) is 4.16. The van der Waals surface area contributed by atoms with Crippen LogP contribution in [0.2, 0.25) is 0 Å². The lowest BCUT2D eigenvalue weighted by Crippen LogP contribution is -2.27. The molecule has 2 amide bonds. The maximum absolute atomic E-state index is 13.1. The van der Waals surface area contributed by atoms with E-state index < -0.39 is 0 Å². The standard InChI is InChI=1S/C28H33N3O5/c1-5-7-22(35-13-12-32)14-18(2)25-19(3)36-26-23(25)15-21(16-24(26)28(34)29-4)27(33)31-11-9-20-8-6-10-30-17-20/h5-8,10,14-17,19,25,32H,2,9,11-13H2,1,3-4H3,(H,29,34)(H,31,33)/b7-5-,22-14+/t19-,25-/m0/s1. The Balaban J connectivity index is 1.91. The van der Waals surface area contributed by atoms with Gasteiger partial charge in [0.05, 0.1) is 12.2 Å². The van der Waals surface area contributed by atoms with E-state index in [9.17, 15) is 9.59 Å². The lowest BCUT2D eigenvalue weighted by Gasteiger charge is -2.17. The zero-order chi connectivity index (χ0) is 26.1. The summed E-state index contributed by atoms with van der Waals surface area (Å²) < 4.78 is 11.7. The number of aliphatic hydroxyl groups is 1. The molecule has 1 aromatic carbocycles. The molecule has 3 N–H and O–H groups in total. The average Bonchev–Trinajstić information content (AvgIpc) is 3.22. The maximum Gasteiger partial charge on any atom is 0.254 e. The third-order valence-electron chi connectivity index (χ3n) is 5.80. The fourth-order valence-corrected chi connectivity index (χ4v) is 4.16. The van der Waals surface area contributed by atoms with Crippen molar-refractivity contribution in [3.63, 3.8) is 0 Å². The predicted molar refractivity (Wildman–Crippen MR) is 138 cm³/mol. The van der Waals surface area contributed by atoms with Crippen LogP contribution in [0.1, 0.15) is 51.6 Å². The molecule has 36 heavy (non-hydrogen) atoms. The van der Waals surface area contributed by atoms with Crippen LogP contribution in [0.3, 0.4) is 0 Å². The molecule has 0 spiro atoms. The zero-order valence-corrected chi connectivity index (χ0v) is 20.9. The highest BCUT2D eigenvalue weighted by Gasteiger charge is 2.36. The molecule has 0 aliphatic carbocycles. The van der Waals surface area contributed by atoms with E-state index in [1.807, 2.05) is 32.1 Å². The van der Waals surface area contributed by atoms with Crippen molar-refractivity contribution >= 4 is 11.8 Å². The first kappa shape index (κ1) is 26.7. The quantitative estimate of drug-likeness (QED) is 0.329. The molecule has 2 aromatic rings. The average molecular weight is 492 g/mol. The molecular weight excluding hydrogens is 458 g/mol. The van der Waals surface area contributed by atoms with Crippen molar-refractivity contribution in [3.8, 4) is 5.75 Å². The molecular formula is C28H33N3O5. The minimum Gasteiger partial charge on any atom is -0.491 e. The SMILES string of the molecule is C=C(/C=C(\C=C/C)OCCO)[C@@H]1c2cc(C(=O)NCCc3cccnc3)cc(C(=O)NC)c2O[C@H]1C. The summed E-state index contributed by atoms with van der Waals surface area (Å²) in [6.45, 7) is 8.46. The van der Waals surface area contributed by atoms with Crippen LogP contribution in [-0.4, -0.2) is 54.8 Å². The Hall–Kier alpha value is -3.91. The third-order valence-corrected chi connectivity index (χ3v) is 5.80. The van der Waals surface area contributed by atoms with Crippen molar-refractivity contribution in [1.82, 2.24) is 15.6 Å². The summed E-state index contributed by atoms with van der Waals surface area (Å²) in [6.07, 6.45) is 9.19. The summed E-state index contributed by atoms with van der Waals surface area (Å²) in [6, 6.07) is 7.12. The first-order valence-electron chi connectivity index (χ1n) is 11.9. The minimum atomic E-state index is -0.342. The molecule has 3 rings (SSSR count). The van der Waals surface area contributed by atoms with Crippen LogP contribution in [0.25, 0.3) is 0 Å². The number of ether oxygens (including phenoxy) is 2. The normalized spacial score (nSPS) is 16.8. The highest BCUT2D eigenvalue weighted by Crippen LogP contribution is 2.45. The second-order valence-electron chi connectivity index (χ2n) is 8.38. The van der Waals surface area contributed by atoms with E-state index in [0.717, 1.165) is 5.56 Å². The molecule has 0 saturated carbocycles. The van der Waals surface area contributed by atoms with Gasteiger partial charge in [0.2, 0.25) is 0 Å². The van der Waals surface area contributed by atoms with Crippen LogP contribution < -0.4 is 15.4 Å². The number of hydrogen-bond acceptors (Lipinski definition) is 6. The van der Waals surface area contributed by atoms with Crippen LogP contribution >= 0.6 is 0 Å². The summed E-state index contributed by atoms with van der Waals surface area (Å²) in [5, 5.41) is 14.7. The Labute approximate surface area is 211 Å². The Morgan fingerprint density at radius 2 is 2.11 bits per heavy atom. The van der Waals surface area contributed by atoms with E-state index in [2.05, 4.69) is 22.2 Å². The molecule has 190 valence electrons. The van der Waals surface area contributed by atoms with Gasteiger partial charge in [0, 0.05) is 43.0 Å². The van der Waals surface area contributed by atoms with Crippen molar-refractivity contribution < 1.29 is 24.2 Å². The number of nitrogens with one attached hydrogen (secondary N) is 2. The Morgan fingerprint density at radius 1 is 1.31 bits per heavy atom. The van der Waals surface area contributed by atoms with Gasteiger partial charge in [-0.05, 0) is 61.8 Å². The molecule has 0 fully saturated rings. The van der Waals surface area contributed by atoms with Crippen molar-refractivity contribution in [3.05, 3.63) is 95.1 Å². The molecule has 1 aliphatic heterocycles. The third kappa shape index (κ3) is 6.40. The number of pyridine rings is 1. The number of aliphatic hydroxyl groups excluding tert-OH is 1. The second-order valence-corrected chi connectivity index (χ2v) is 8.38. The molecule has 1 aromatic heterocycles. The van der Waals surface area contributed by atoms with Crippen LogP contribution in [0.4, 0.5) is 0 Å². The van der Waals surface area contributed by atoms with Gasteiger partial charge in [-0.1, -0.05) is 18.7 Å². The molecule has 0 bridgehead atoms. The van der Waals surface area contributed by atoms with Crippen LogP contribution in [0.15, 0.2) is 72.8 Å². The molecule has 0 unspecified atom stereocenters. The number of benzene rings is 1. The number of hydrogen-bond donors (Lipinski definition) is 3. The van der Waals surface area contributed by atoms with Gasteiger partial charge in [-0.15, -0.1) is 0 Å². The second kappa shape index (κ2) is 12.7. The molecule has 8 heteroatoms. The van der Waals surface area contributed by atoms with Gasteiger partial charge in [-0.3, -0.25) is 14.6 Å². The first-order chi connectivity index (χ1) is 17.4. The molecule has 0 radical (unpaired) electrons. The number of carbonyl (C=O) groups excluding carboxylic acids is 2. The number of amides is 2. The van der Waals surface area contributed by atoms with Crippen molar-refractivity contribution in [2.45, 2.75) is 32.3 Å². The van der Waals surface area contributed by atoms with Gasteiger partial charge in [0.25, 0.3) is 11.8 Å². The molecule has 2 atom stereocenters. The number of aromatic nitrogens is 1. The Kier molecular flexibility index (Phi) is 9.41. The summed E-state index contributed by atoms with van der Waals surface area (Å²) in [7, 11) is 1.54. The summed E-state index contributed by atoms with van der Waals surface area (Å²) in [5.74, 6) is 0.0630. The Bertz CT molecular complexity index is 1160. The van der Waals surface area contributed by atoms with Crippen LogP contribution in [0.5, 0.6) is 5.75 Å². The van der Waals surface area contributed by atoms with E-state index in [-0.39, 0.29) is 37.0 Å². The number of allylic oxidation sites excluding steroid dienone is 3. The monoisotopic (exact) mass is 491 g/mol. The fraction of sp³-hybridized carbons (Fsp3) is 0.321. The van der Waals surface area contributed by atoms with E-state index in [1.165, 1.54) is 7.05 Å². The lowest BCUT2D eigenvalue weighted by atomic mass is 9.87. The first-order valence-corrected chi connectivity index (χ1v) is 11.9. The minimum absolute atomic E-state index is 0.109. The molecule has 1 aliphatic rings. The Morgan fingerprint density at radius 3 is 2.78 bits per heavy atom. The number of fused-ring (bicyclic) bond motifs is 1. The number of carbonyl (C=O) groups is 2. The van der Waals surface area contributed by atoms with Gasteiger partial charge in [0.1, 0.15) is 24.2 Å². The number of nitrogens with zero attached hydrogens (tertiary/aromatic N) is 1. The molecule has 2 heterocycles. The molecule has 0 saturated heterocycles. The van der Waals surface area contributed by atoms with Gasteiger partial charge in [0.15, 0.2) is 0 Å². The van der Waals surface area contributed by atoms with E-state index in [0.29, 0.717) is 46.7 Å². The highest BCUT2D eigenvalue weighted by molar-refractivity contribution is 6.02. The smallest absolute Gasteiger partial charge is 0.254 e. The van der Waals surface area contributed by atoms with Gasteiger partial charge >= 0.3 is 0 Å². The van der Waals surface area contributed by atoms with Crippen LogP contribution in [0, 0.1) is 0 Å². The number of rotatable bonds is 11. The van der Waals surface area contributed by atoms with E-state index in [4.69, 9.17) is 14.6 Å². The van der Waals surface area contributed by atoms with Crippen molar-refractivity contribution in [1.29, 1.82) is 0 Å². The highest BCUT2D eigenvalue weighted by atomic mass is 16.5. The maximum atomic E-state index is 13.1. The molecule has 8 nitrogen and oxygen atoms in total. The van der Waals surface area contributed by atoms with Crippen LogP contribution in [-0.2, 0) is 11.2 Å². The predicted octanol–water partition coefficient (Wildman–Crippen LogP) is 3.30. The van der Waals surface area contributed by atoms with Crippen molar-refractivity contribution in [2.24, 2.45) is 0 Å². The summed E-state index contributed by atoms with van der Waals surface area (Å²) in [4.78, 5) is 29.8. The van der Waals surface area contributed by atoms with Gasteiger partial charge < -0.3 is 25.2 Å². The zero-order valence-electron chi connectivity index (χ0n) is 20.9. The van der Waals surface area contributed by atoms with Gasteiger partial charge in [-0.25, -0.2) is 0 Å². The van der Waals surface area contributed by atoms with Crippen molar-refractivity contribution in [2.75, 3.05) is 26.8 Å². The van der Waals surface area contributed by atoms with E-state index in [1.54, 1.807) is 36.7 Å². The van der Waals surface area contributed by atoms with E-state index >= 15 is 0 Å². The summed E-state index contributed by atoms with van der Waals surface area (Å²) >= 11 is 0.